The lowest BCUT2D eigenvalue weighted by molar-refractivity contribution is -0.143. The van der Waals surface area contributed by atoms with Gasteiger partial charge in [0, 0.05) is 6.54 Å². The van der Waals surface area contributed by atoms with Gasteiger partial charge < -0.3 is 24.3 Å². The molecule has 0 spiro atoms. The molecule has 3 amide bonds. The van der Waals surface area contributed by atoms with Gasteiger partial charge in [0.2, 0.25) is 11.7 Å². The summed E-state index contributed by atoms with van der Waals surface area (Å²) >= 11 is 0. The minimum absolute atomic E-state index is 0.0279. The van der Waals surface area contributed by atoms with Crippen molar-refractivity contribution in [1.29, 1.82) is 0 Å². The topological polar surface area (TPSA) is 120 Å². The van der Waals surface area contributed by atoms with Crippen LogP contribution in [-0.2, 0) is 32.3 Å². The number of benzene rings is 2. The number of likely N-dealkylation sites (tertiary alicyclic amines) is 1. The van der Waals surface area contributed by atoms with E-state index in [1.165, 1.54) is 28.4 Å². The van der Waals surface area contributed by atoms with Crippen molar-refractivity contribution < 1.29 is 38.1 Å². The van der Waals surface area contributed by atoms with Gasteiger partial charge in [0.1, 0.15) is 0 Å². The van der Waals surface area contributed by atoms with Crippen LogP contribution in [0.1, 0.15) is 11.1 Å². The van der Waals surface area contributed by atoms with Crippen LogP contribution in [-0.4, -0.2) is 56.8 Å². The maximum Gasteiger partial charge on any atom is 0.298 e. The molecule has 1 aliphatic rings. The Kier molecular flexibility index (Phi) is 7.17. The fraction of sp³-hybridized carbons (Fsp3) is 0.304. The molecule has 0 aliphatic carbocycles. The summed E-state index contributed by atoms with van der Waals surface area (Å²) in [5, 5.41) is 2.54. The summed E-state index contributed by atoms with van der Waals surface area (Å²) in [7, 11) is 5.92. The molecule has 2 aromatic rings. The third-order valence-electron chi connectivity index (χ3n) is 5.20. The van der Waals surface area contributed by atoms with E-state index in [1.807, 2.05) is 0 Å². The fourth-order valence-corrected chi connectivity index (χ4v) is 3.45. The molecule has 1 aliphatic heterocycles. The predicted molar refractivity (Wildman–Crippen MR) is 115 cm³/mol. The molecular formula is C23H24N2O8. The molecule has 1 saturated heterocycles. The Bertz CT molecular complexity index is 1100. The van der Waals surface area contributed by atoms with Crippen LogP contribution in [0.5, 0.6) is 23.0 Å². The monoisotopic (exact) mass is 456 g/mol. The van der Waals surface area contributed by atoms with Crippen LogP contribution in [0.4, 0.5) is 0 Å². The number of Topliss-reactive ketones (excluding diaryl/α,β-unsaturated/α-hetero) is 1. The molecule has 1 atom stereocenters. The van der Waals surface area contributed by atoms with Crippen LogP contribution in [0.3, 0.4) is 0 Å². The summed E-state index contributed by atoms with van der Waals surface area (Å²) < 4.78 is 20.8. The summed E-state index contributed by atoms with van der Waals surface area (Å²) in [6, 6.07) is 9.88. The standard InChI is InChI=1S/C23H24N2O8/c1-30-15-7-5-13(9-17(15)32-3)11-24-21(27)19-20(26)23(29)25(22(19)28)12-14-6-8-16(31-2)18(10-14)33-4/h5-10,19H,11-12H2,1-4H3,(H,24,27). The van der Waals surface area contributed by atoms with Crippen LogP contribution in [0.2, 0.25) is 0 Å². The van der Waals surface area contributed by atoms with E-state index in [0.717, 1.165) is 4.90 Å². The highest BCUT2D eigenvalue weighted by atomic mass is 16.5. The normalized spacial score (nSPS) is 15.5. The Labute approximate surface area is 190 Å². The van der Waals surface area contributed by atoms with Crippen molar-refractivity contribution in [1.82, 2.24) is 10.2 Å². The summed E-state index contributed by atoms with van der Waals surface area (Å²) in [4.78, 5) is 51.0. The molecule has 1 fully saturated rings. The minimum Gasteiger partial charge on any atom is -0.493 e. The van der Waals surface area contributed by atoms with E-state index in [4.69, 9.17) is 18.9 Å². The van der Waals surface area contributed by atoms with Crippen molar-refractivity contribution in [2.24, 2.45) is 5.92 Å². The van der Waals surface area contributed by atoms with E-state index >= 15 is 0 Å². The van der Waals surface area contributed by atoms with Crippen molar-refractivity contribution in [3.05, 3.63) is 47.5 Å². The molecule has 33 heavy (non-hydrogen) atoms. The van der Waals surface area contributed by atoms with E-state index in [2.05, 4.69) is 5.32 Å². The zero-order chi connectivity index (χ0) is 24.1. The lowest BCUT2D eigenvalue weighted by Gasteiger charge is -2.15. The number of methoxy groups -OCH3 is 4. The Morgan fingerprint density at radius 1 is 0.818 bits per heavy atom. The smallest absolute Gasteiger partial charge is 0.298 e. The summed E-state index contributed by atoms with van der Waals surface area (Å²) in [5.74, 6) is -3.66. The van der Waals surface area contributed by atoms with E-state index in [9.17, 15) is 19.2 Å². The van der Waals surface area contributed by atoms with Crippen molar-refractivity contribution in [2.45, 2.75) is 13.1 Å². The van der Waals surface area contributed by atoms with Gasteiger partial charge in [-0.25, -0.2) is 0 Å². The quantitative estimate of drug-likeness (QED) is 0.338. The maximum atomic E-state index is 12.8. The number of ketones is 1. The average molecular weight is 456 g/mol. The molecule has 0 aromatic heterocycles. The third-order valence-corrected chi connectivity index (χ3v) is 5.20. The van der Waals surface area contributed by atoms with Crippen LogP contribution in [0.25, 0.3) is 0 Å². The van der Waals surface area contributed by atoms with Crippen molar-refractivity contribution >= 4 is 23.5 Å². The van der Waals surface area contributed by atoms with Gasteiger partial charge in [-0.05, 0) is 35.4 Å². The Hall–Kier alpha value is -4.08. The van der Waals surface area contributed by atoms with Gasteiger partial charge in [-0.15, -0.1) is 0 Å². The molecule has 10 heteroatoms. The SMILES string of the molecule is COc1ccc(CNC(=O)C2C(=O)C(=O)N(Cc3ccc(OC)c(OC)c3)C2=O)cc1OC. The maximum absolute atomic E-state index is 12.8. The van der Waals surface area contributed by atoms with Crippen LogP contribution in [0, 0.1) is 5.92 Å². The molecule has 1 heterocycles. The van der Waals surface area contributed by atoms with E-state index in [1.54, 1.807) is 36.4 Å². The van der Waals surface area contributed by atoms with Gasteiger partial charge in [-0.1, -0.05) is 12.1 Å². The number of hydrogen-bond acceptors (Lipinski definition) is 8. The summed E-state index contributed by atoms with van der Waals surface area (Å²) in [5.41, 5.74) is 1.20. The molecule has 0 radical (unpaired) electrons. The number of nitrogens with zero attached hydrogens (tertiary/aromatic N) is 1. The number of imide groups is 1. The van der Waals surface area contributed by atoms with Gasteiger partial charge in [0.05, 0.1) is 35.0 Å². The molecule has 2 aromatic carbocycles. The molecule has 1 N–H and O–H groups in total. The minimum atomic E-state index is -1.72. The van der Waals surface area contributed by atoms with Crippen molar-refractivity contribution in [2.75, 3.05) is 28.4 Å². The Morgan fingerprint density at radius 2 is 1.33 bits per heavy atom. The number of ether oxygens (including phenoxy) is 4. The third kappa shape index (κ3) is 4.74. The largest absolute Gasteiger partial charge is 0.493 e. The summed E-state index contributed by atoms with van der Waals surface area (Å²) in [6.07, 6.45) is 0. The second kappa shape index (κ2) is 10.0. The number of rotatable bonds is 9. The van der Waals surface area contributed by atoms with Crippen LogP contribution in [0.15, 0.2) is 36.4 Å². The molecule has 0 saturated carbocycles. The second-order valence-corrected chi connectivity index (χ2v) is 7.12. The Balaban J connectivity index is 1.70. The number of carbonyl (C=O) groups is 4. The summed E-state index contributed by atoms with van der Waals surface area (Å²) in [6.45, 7) is -0.149. The average Bonchev–Trinajstić information content (AvgIpc) is 3.05. The molecule has 10 nitrogen and oxygen atoms in total. The van der Waals surface area contributed by atoms with E-state index in [0.29, 0.717) is 34.1 Å². The highest BCUT2D eigenvalue weighted by Gasteiger charge is 2.50. The molecular weight excluding hydrogens is 432 g/mol. The number of hydrogen-bond donors (Lipinski definition) is 1. The first-order valence-corrected chi connectivity index (χ1v) is 9.93. The number of amides is 3. The number of carbonyl (C=O) groups excluding carboxylic acids is 4. The van der Waals surface area contributed by atoms with E-state index in [-0.39, 0.29) is 13.1 Å². The van der Waals surface area contributed by atoms with Crippen LogP contribution >= 0.6 is 0 Å². The highest BCUT2D eigenvalue weighted by Crippen LogP contribution is 2.30. The Morgan fingerprint density at radius 3 is 1.88 bits per heavy atom. The fourth-order valence-electron chi connectivity index (χ4n) is 3.45. The van der Waals surface area contributed by atoms with Gasteiger partial charge >= 0.3 is 0 Å². The van der Waals surface area contributed by atoms with Crippen molar-refractivity contribution in [3.8, 4) is 23.0 Å². The molecule has 174 valence electrons. The first-order valence-electron chi connectivity index (χ1n) is 9.93. The lowest BCUT2D eigenvalue weighted by atomic mass is 10.1. The molecule has 1 unspecified atom stereocenters. The second-order valence-electron chi connectivity index (χ2n) is 7.12. The van der Waals surface area contributed by atoms with E-state index < -0.39 is 29.4 Å². The zero-order valence-corrected chi connectivity index (χ0v) is 18.7. The zero-order valence-electron chi connectivity index (χ0n) is 18.7. The molecule has 3 rings (SSSR count). The lowest BCUT2D eigenvalue weighted by Crippen LogP contribution is -2.38. The van der Waals surface area contributed by atoms with Crippen molar-refractivity contribution in [3.63, 3.8) is 0 Å². The highest BCUT2D eigenvalue weighted by molar-refractivity contribution is 6.52. The number of nitrogens with one attached hydrogen (secondary N) is 1. The first-order chi connectivity index (χ1) is 15.8. The van der Waals surface area contributed by atoms with Gasteiger partial charge in [-0.2, -0.15) is 0 Å². The first kappa shape index (κ1) is 23.6. The van der Waals surface area contributed by atoms with Gasteiger partial charge in [-0.3, -0.25) is 24.1 Å². The molecule has 0 bridgehead atoms. The van der Waals surface area contributed by atoms with Gasteiger partial charge in [0.15, 0.2) is 28.9 Å². The predicted octanol–water partition coefficient (Wildman–Crippen LogP) is 1.09. The van der Waals surface area contributed by atoms with Crippen LogP contribution < -0.4 is 24.3 Å². The van der Waals surface area contributed by atoms with Gasteiger partial charge in [0.25, 0.3) is 11.8 Å².